The minimum absolute atomic E-state index is 0.336. The Morgan fingerprint density at radius 3 is 2.69 bits per heavy atom. The lowest BCUT2D eigenvalue weighted by Crippen LogP contribution is -2.05. The van der Waals surface area contributed by atoms with Gasteiger partial charge in [0, 0.05) is 10.7 Å². The third-order valence-corrected chi connectivity index (χ3v) is 2.14. The SMILES string of the molecule is COC(=O)c1cc(C)c(Cl)cc1N. The number of aryl methyl sites for hydroxylation is 1. The quantitative estimate of drug-likeness (QED) is 0.556. The Morgan fingerprint density at radius 2 is 2.15 bits per heavy atom. The summed E-state index contributed by atoms with van der Waals surface area (Å²) in [5, 5.41) is 0.546. The molecule has 0 aromatic heterocycles. The monoisotopic (exact) mass is 199 g/mol. The summed E-state index contributed by atoms with van der Waals surface area (Å²) in [6.45, 7) is 1.80. The molecule has 0 bridgehead atoms. The lowest BCUT2D eigenvalue weighted by Gasteiger charge is -2.05. The first-order valence-electron chi connectivity index (χ1n) is 3.70. The van der Waals surface area contributed by atoms with Crippen molar-refractivity contribution in [1.82, 2.24) is 0 Å². The molecule has 0 saturated carbocycles. The fraction of sp³-hybridized carbons (Fsp3) is 0.222. The van der Waals surface area contributed by atoms with Gasteiger partial charge in [-0.15, -0.1) is 0 Å². The first-order valence-corrected chi connectivity index (χ1v) is 4.08. The average Bonchev–Trinajstić information content (AvgIpc) is 2.10. The number of ether oxygens (including phenoxy) is 1. The molecule has 1 aromatic rings. The van der Waals surface area contributed by atoms with Crippen molar-refractivity contribution in [1.29, 1.82) is 0 Å². The van der Waals surface area contributed by atoms with Gasteiger partial charge >= 0.3 is 5.97 Å². The maximum absolute atomic E-state index is 11.2. The molecule has 1 aromatic carbocycles. The van der Waals surface area contributed by atoms with Crippen LogP contribution in [0.15, 0.2) is 12.1 Å². The van der Waals surface area contributed by atoms with Crippen LogP contribution in [-0.4, -0.2) is 13.1 Å². The van der Waals surface area contributed by atoms with E-state index < -0.39 is 5.97 Å². The number of anilines is 1. The van der Waals surface area contributed by atoms with Gasteiger partial charge in [-0.3, -0.25) is 0 Å². The summed E-state index contributed by atoms with van der Waals surface area (Å²) in [4.78, 5) is 11.2. The number of nitrogen functional groups attached to an aromatic ring is 1. The molecule has 4 heteroatoms. The van der Waals surface area contributed by atoms with Gasteiger partial charge in [0.15, 0.2) is 0 Å². The van der Waals surface area contributed by atoms with Gasteiger partial charge in [-0.05, 0) is 24.6 Å². The van der Waals surface area contributed by atoms with Crippen LogP contribution in [0, 0.1) is 6.92 Å². The number of hydrogen-bond acceptors (Lipinski definition) is 3. The molecule has 0 spiro atoms. The number of esters is 1. The van der Waals surface area contributed by atoms with Gasteiger partial charge in [0.1, 0.15) is 0 Å². The maximum atomic E-state index is 11.2. The average molecular weight is 200 g/mol. The summed E-state index contributed by atoms with van der Waals surface area (Å²) < 4.78 is 4.55. The van der Waals surface area contributed by atoms with Gasteiger partial charge in [0.2, 0.25) is 0 Å². The van der Waals surface area contributed by atoms with Gasteiger partial charge < -0.3 is 10.5 Å². The number of benzene rings is 1. The summed E-state index contributed by atoms with van der Waals surface area (Å²) in [5.41, 5.74) is 7.07. The zero-order chi connectivity index (χ0) is 10.0. The molecule has 0 aliphatic rings. The highest BCUT2D eigenvalue weighted by molar-refractivity contribution is 6.31. The molecule has 70 valence electrons. The highest BCUT2D eigenvalue weighted by Crippen LogP contribution is 2.22. The van der Waals surface area contributed by atoms with Gasteiger partial charge in [-0.25, -0.2) is 4.79 Å². The molecule has 13 heavy (non-hydrogen) atoms. The highest BCUT2D eigenvalue weighted by atomic mass is 35.5. The molecule has 3 nitrogen and oxygen atoms in total. The molecule has 0 saturated heterocycles. The third kappa shape index (κ3) is 1.92. The van der Waals surface area contributed by atoms with Crippen molar-refractivity contribution < 1.29 is 9.53 Å². The molecule has 0 aliphatic carbocycles. The summed E-state index contributed by atoms with van der Waals surface area (Å²) in [6.07, 6.45) is 0. The standard InChI is InChI=1S/C9H10ClNO2/c1-5-3-6(9(12)13-2)8(11)4-7(5)10/h3-4H,11H2,1-2H3. The molecule has 0 atom stereocenters. The number of nitrogens with two attached hydrogens (primary N) is 1. The Morgan fingerprint density at radius 1 is 1.54 bits per heavy atom. The number of hydrogen-bond donors (Lipinski definition) is 1. The molecule has 0 radical (unpaired) electrons. The Hall–Kier alpha value is -1.22. The van der Waals surface area contributed by atoms with Crippen molar-refractivity contribution in [3.63, 3.8) is 0 Å². The van der Waals surface area contributed by atoms with Crippen LogP contribution in [0.25, 0.3) is 0 Å². The Kier molecular flexibility index (Phi) is 2.78. The molecular formula is C9H10ClNO2. The number of carbonyl (C=O) groups is 1. The van der Waals surface area contributed by atoms with Crippen LogP contribution in [0.1, 0.15) is 15.9 Å². The highest BCUT2D eigenvalue weighted by Gasteiger charge is 2.11. The van der Waals surface area contributed by atoms with E-state index in [4.69, 9.17) is 17.3 Å². The smallest absolute Gasteiger partial charge is 0.339 e. The summed E-state index contributed by atoms with van der Waals surface area (Å²) >= 11 is 5.80. The zero-order valence-electron chi connectivity index (χ0n) is 7.43. The van der Waals surface area contributed by atoms with E-state index in [1.807, 2.05) is 0 Å². The second-order valence-corrected chi connectivity index (χ2v) is 3.09. The zero-order valence-corrected chi connectivity index (χ0v) is 8.18. The van der Waals surface area contributed by atoms with Gasteiger partial charge in [0.25, 0.3) is 0 Å². The number of carbonyl (C=O) groups excluding carboxylic acids is 1. The van der Waals surface area contributed by atoms with Gasteiger partial charge in [-0.1, -0.05) is 11.6 Å². The van der Waals surface area contributed by atoms with Gasteiger partial charge in [0.05, 0.1) is 12.7 Å². The molecule has 0 unspecified atom stereocenters. The lowest BCUT2D eigenvalue weighted by atomic mass is 10.1. The molecule has 0 aliphatic heterocycles. The minimum Gasteiger partial charge on any atom is -0.465 e. The second-order valence-electron chi connectivity index (χ2n) is 2.68. The Balaban J connectivity index is 3.23. The van der Waals surface area contributed by atoms with Crippen LogP contribution in [0.5, 0.6) is 0 Å². The molecule has 1 rings (SSSR count). The molecular weight excluding hydrogens is 190 g/mol. The van der Waals surface area contributed by atoms with Crippen LogP contribution in [0.3, 0.4) is 0 Å². The lowest BCUT2D eigenvalue weighted by molar-refractivity contribution is 0.0602. The number of halogens is 1. The Bertz CT molecular complexity index is 350. The minimum atomic E-state index is -0.447. The summed E-state index contributed by atoms with van der Waals surface area (Å²) in [7, 11) is 1.31. The normalized spacial score (nSPS) is 9.77. The second kappa shape index (κ2) is 3.66. The van der Waals surface area contributed by atoms with Crippen molar-refractivity contribution in [3.05, 3.63) is 28.3 Å². The maximum Gasteiger partial charge on any atom is 0.339 e. The van der Waals surface area contributed by atoms with Crippen molar-refractivity contribution in [3.8, 4) is 0 Å². The van der Waals surface area contributed by atoms with Crippen LogP contribution in [0.4, 0.5) is 5.69 Å². The van der Waals surface area contributed by atoms with Crippen LogP contribution < -0.4 is 5.73 Å². The third-order valence-electron chi connectivity index (χ3n) is 1.74. The molecule has 0 fully saturated rings. The van der Waals surface area contributed by atoms with Crippen LogP contribution in [0.2, 0.25) is 5.02 Å². The van der Waals surface area contributed by atoms with E-state index in [0.29, 0.717) is 16.3 Å². The van der Waals surface area contributed by atoms with E-state index in [9.17, 15) is 4.79 Å². The fourth-order valence-corrected chi connectivity index (χ4v) is 1.16. The molecule has 2 N–H and O–H groups in total. The van der Waals surface area contributed by atoms with Crippen LogP contribution >= 0.6 is 11.6 Å². The van der Waals surface area contributed by atoms with Crippen LogP contribution in [-0.2, 0) is 4.74 Å². The van der Waals surface area contributed by atoms with E-state index in [0.717, 1.165) is 5.56 Å². The summed E-state index contributed by atoms with van der Waals surface area (Å²) in [6, 6.07) is 3.16. The summed E-state index contributed by atoms with van der Waals surface area (Å²) in [5.74, 6) is -0.447. The predicted molar refractivity (Wildman–Crippen MR) is 51.9 cm³/mol. The molecule has 0 heterocycles. The van der Waals surface area contributed by atoms with E-state index in [1.165, 1.54) is 7.11 Å². The van der Waals surface area contributed by atoms with Crippen molar-refractivity contribution >= 4 is 23.3 Å². The van der Waals surface area contributed by atoms with Crippen molar-refractivity contribution in [2.24, 2.45) is 0 Å². The largest absolute Gasteiger partial charge is 0.465 e. The fourth-order valence-electron chi connectivity index (χ4n) is 0.984. The van der Waals surface area contributed by atoms with E-state index >= 15 is 0 Å². The molecule has 0 amide bonds. The predicted octanol–water partition coefficient (Wildman–Crippen LogP) is 2.02. The number of methoxy groups -OCH3 is 1. The Labute approximate surface area is 81.4 Å². The van der Waals surface area contributed by atoms with E-state index in [2.05, 4.69) is 4.74 Å². The van der Waals surface area contributed by atoms with Gasteiger partial charge in [-0.2, -0.15) is 0 Å². The first-order chi connectivity index (χ1) is 6.06. The van der Waals surface area contributed by atoms with Crippen molar-refractivity contribution in [2.45, 2.75) is 6.92 Å². The van der Waals surface area contributed by atoms with E-state index in [-0.39, 0.29) is 0 Å². The number of rotatable bonds is 1. The van der Waals surface area contributed by atoms with Crippen molar-refractivity contribution in [2.75, 3.05) is 12.8 Å². The first kappa shape index (κ1) is 9.86. The van der Waals surface area contributed by atoms with E-state index in [1.54, 1.807) is 19.1 Å². The topological polar surface area (TPSA) is 52.3 Å².